The Balaban J connectivity index is 1.53. The van der Waals surface area contributed by atoms with E-state index in [4.69, 9.17) is 5.73 Å². The summed E-state index contributed by atoms with van der Waals surface area (Å²) in [4.78, 5) is 25.6. The summed E-state index contributed by atoms with van der Waals surface area (Å²) in [7, 11) is 0. The van der Waals surface area contributed by atoms with Crippen molar-refractivity contribution in [1.29, 1.82) is 0 Å². The number of benzene rings is 3. The number of carbonyl (C=O) groups is 2. The molecule has 0 amide bonds. The van der Waals surface area contributed by atoms with Crippen molar-refractivity contribution in [2.45, 2.75) is 12.3 Å². The van der Waals surface area contributed by atoms with Crippen LogP contribution in [-0.4, -0.2) is 11.6 Å². The predicted molar refractivity (Wildman–Crippen MR) is 114 cm³/mol. The predicted octanol–water partition coefficient (Wildman–Crippen LogP) is 6.10. The van der Waals surface area contributed by atoms with Gasteiger partial charge in [-0.1, -0.05) is 78.9 Å². The Kier molecular flexibility index (Phi) is 4.02. The van der Waals surface area contributed by atoms with Gasteiger partial charge in [-0.25, -0.2) is 0 Å². The summed E-state index contributed by atoms with van der Waals surface area (Å²) in [5.74, 6) is -0.222. The molecule has 3 aromatic rings. The molecule has 0 saturated heterocycles. The molecule has 0 radical (unpaired) electrons. The summed E-state index contributed by atoms with van der Waals surface area (Å²) in [5.41, 5.74) is 13.7. The maximum Gasteiger partial charge on any atom is 0.197 e. The van der Waals surface area contributed by atoms with E-state index in [0.717, 1.165) is 23.1 Å². The summed E-state index contributed by atoms with van der Waals surface area (Å²) in [6.45, 7) is 0. The van der Waals surface area contributed by atoms with Crippen LogP contribution in [0.4, 0.5) is 5.69 Å². The van der Waals surface area contributed by atoms with E-state index in [1.165, 1.54) is 5.56 Å². The molecule has 2 aliphatic carbocycles. The number of ketones is 2. The van der Waals surface area contributed by atoms with Gasteiger partial charge in [0.2, 0.25) is 0 Å². The van der Waals surface area contributed by atoms with Crippen molar-refractivity contribution in [3.63, 3.8) is 0 Å². The Hall–Kier alpha value is -3.72. The molecule has 0 fully saturated rings. The van der Waals surface area contributed by atoms with Crippen molar-refractivity contribution in [3.05, 3.63) is 124 Å². The van der Waals surface area contributed by atoms with Gasteiger partial charge in [0.25, 0.3) is 0 Å². The van der Waals surface area contributed by atoms with Gasteiger partial charge in [0.1, 0.15) is 0 Å². The molecule has 3 nitrogen and oxygen atoms in total. The smallest absolute Gasteiger partial charge is 0.197 e. The molecule has 0 heterocycles. The van der Waals surface area contributed by atoms with Crippen molar-refractivity contribution in [3.8, 4) is 0 Å². The molecule has 140 valence electrons. The molecule has 0 aliphatic heterocycles. The third-order valence-corrected chi connectivity index (χ3v) is 5.67. The minimum absolute atomic E-state index is 0.170. The normalized spacial score (nSPS) is 17.2. The summed E-state index contributed by atoms with van der Waals surface area (Å²) in [5, 5.41) is 0. The largest absolute Gasteiger partial charge is 0.699 e. The topological polar surface area (TPSA) is 57.9 Å². The molecule has 3 heteroatoms. The molecular formula is C26H18NO2-. The first-order valence-electron chi connectivity index (χ1n) is 9.63. The Morgan fingerprint density at radius 3 is 2.00 bits per heavy atom. The highest BCUT2D eigenvalue weighted by Gasteiger charge is 2.33. The fraction of sp³-hybridized carbons (Fsp3) is 0.0769. The second kappa shape index (κ2) is 6.71. The number of rotatable bonds is 3. The van der Waals surface area contributed by atoms with E-state index in [-0.39, 0.29) is 23.1 Å². The maximum absolute atomic E-state index is 12.8. The van der Waals surface area contributed by atoms with Crippen LogP contribution in [0.25, 0.3) is 11.3 Å². The standard InChI is InChI=1S/C26H18NO2/c27-19-11-9-16(10-12-19)13-17-14-18(21-6-2-1-5-20(17)21)15-24-25(28)22-7-3-4-8-23(22)26(24)29/h1-12,14-15,17,27H,13H2/q-1. The molecule has 3 aromatic carbocycles. The Morgan fingerprint density at radius 2 is 1.34 bits per heavy atom. The monoisotopic (exact) mass is 376 g/mol. The van der Waals surface area contributed by atoms with Crippen LogP contribution in [0.15, 0.2) is 90.5 Å². The number of hydrogen-bond donors (Lipinski definition) is 0. The lowest BCUT2D eigenvalue weighted by Gasteiger charge is -2.12. The van der Waals surface area contributed by atoms with Crippen molar-refractivity contribution >= 4 is 22.8 Å². The summed E-state index contributed by atoms with van der Waals surface area (Å²) < 4.78 is 0. The first kappa shape index (κ1) is 17.4. The van der Waals surface area contributed by atoms with E-state index in [9.17, 15) is 9.59 Å². The van der Waals surface area contributed by atoms with Gasteiger partial charge < -0.3 is 5.73 Å². The SMILES string of the molecule is [NH-]c1ccc(CC2C=C(C=C3C(=O)c4ccccc4C3=O)c3ccccc32)cc1. The zero-order chi connectivity index (χ0) is 20.0. The molecule has 0 saturated carbocycles. The van der Waals surface area contributed by atoms with E-state index in [2.05, 4.69) is 12.1 Å². The van der Waals surface area contributed by atoms with Gasteiger partial charge >= 0.3 is 0 Å². The van der Waals surface area contributed by atoms with Crippen molar-refractivity contribution in [2.75, 3.05) is 0 Å². The zero-order valence-electron chi connectivity index (χ0n) is 15.7. The molecule has 2 aliphatic rings. The van der Waals surface area contributed by atoms with Gasteiger partial charge in [0, 0.05) is 17.0 Å². The molecule has 0 aromatic heterocycles. The second-order valence-electron chi connectivity index (χ2n) is 7.48. The summed E-state index contributed by atoms with van der Waals surface area (Å²) >= 11 is 0. The number of Topliss-reactive ketones (excluding diaryl/α,β-unsaturated/α-hetero) is 2. The van der Waals surface area contributed by atoms with Gasteiger partial charge in [-0.3, -0.25) is 9.59 Å². The fourth-order valence-corrected chi connectivity index (χ4v) is 4.23. The van der Waals surface area contributed by atoms with E-state index < -0.39 is 0 Å². The second-order valence-corrected chi connectivity index (χ2v) is 7.48. The minimum atomic E-state index is -0.196. The van der Waals surface area contributed by atoms with Crippen LogP contribution < -0.4 is 0 Å². The number of carbonyl (C=O) groups excluding carboxylic acids is 2. The summed E-state index contributed by atoms with van der Waals surface area (Å²) in [6.07, 6.45) is 4.72. The molecule has 29 heavy (non-hydrogen) atoms. The average molecular weight is 376 g/mol. The van der Waals surface area contributed by atoms with E-state index >= 15 is 0 Å². The van der Waals surface area contributed by atoms with Crippen molar-refractivity contribution < 1.29 is 9.59 Å². The Morgan fingerprint density at radius 1 is 0.759 bits per heavy atom. The highest BCUT2D eigenvalue weighted by Crippen LogP contribution is 2.40. The van der Waals surface area contributed by atoms with E-state index in [1.54, 1.807) is 42.5 Å². The van der Waals surface area contributed by atoms with Crippen LogP contribution in [0, 0.1) is 0 Å². The third-order valence-electron chi connectivity index (χ3n) is 5.67. The van der Waals surface area contributed by atoms with Gasteiger partial charge in [0.05, 0.1) is 5.57 Å². The average Bonchev–Trinajstić information content (AvgIpc) is 3.21. The van der Waals surface area contributed by atoms with Crippen LogP contribution in [0.1, 0.15) is 43.3 Å². The first-order valence-corrected chi connectivity index (χ1v) is 9.63. The van der Waals surface area contributed by atoms with Gasteiger partial charge in [-0.05, 0) is 34.8 Å². The third kappa shape index (κ3) is 2.92. The number of fused-ring (bicyclic) bond motifs is 2. The lowest BCUT2D eigenvalue weighted by Crippen LogP contribution is -2.00. The van der Waals surface area contributed by atoms with Crippen LogP contribution in [0.2, 0.25) is 0 Å². The highest BCUT2D eigenvalue weighted by molar-refractivity contribution is 6.40. The number of allylic oxidation sites excluding steroid dienone is 4. The van der Waals surface area contributed by atoms with Crippen LogP contribution >= 0.6 is 0 Å². The molecule has 0 bridgehead atoms. The van der Waals surface area contributed by atoms with Crippen molar-refractivity contribution in [2.24, 2.45) is 0 Å². The van der Waals surface area contributed by atoms with Gasteiger partial charge in [-0.15, -0.1) is 5.69 Å². The first-order chi connectivity index (χ1) is 14.1. The zero-order valence-corrected chi connectivity index (χ0v) is 15.7. The fourth-order valence-electron chi connectivity index (χ4n) is 4.23. The molecule has 5 rings (SSSR count). The minimum Gasteiger partial charge on any atom is -0.699 e. The number of nitrogens with one attached hydrogen (secondary N) is 1. The molecule has 1 atom stereocenters. The van der Waals surface area contributed by atoms with Crippen LogP contribution in [0.5, 0.6) is 0 Å². The van der Waals surface area contributed by atoms with E-state index in [1.807, 2.05) is 30.3 Å². The molecule has 0 spiro atoms. The highest BCUT2D eigenvalue weighted by atomic mass is 16.2. The van der Waals surface area contributed by atoms with Crippen molar-refractivity contribution in [1.82, 2.24) is 0 Å². The molecular weight excluding hydrogens is 358 g/mol. The maximum atomic E-state index is 12.8. The summed E-state index contributed by atoms with van der Waals surface area (Å²) in [6, 6.07) is 22.7. The lowest BCUT2D eigenvalue weighted by molar-refractivity contribution is 0.0989. The lowest BCUT2D eigenvalue weighted by atomic mass is 9.93. The van der Waals surface area contributed by atoms with Gasteiger partial charge in [0.15, 0.2) is 11.6 Å². The molecule has 1 N–H and O–H groups in total. The Labute approximate surface area is 169 Å². The Bertz CT molecular complexity index is 1180. The van der Waals surface area contributed by atoms with Crippen LogP contribution in [0.3, 0.4) is 0 Å². The van der Waals surface area contributed by atoms with Gasteiger partial charge in [-0.2, -0.15) is 0 Å². The number of hydrogen-bond acceptors (Lipinski definition) is 2. The quantitative estimate of drug-likeness (QED) is 0.410. The van der Waals surface area contributed by atoms with Crippen LogP contribution in [-0.2, 0) is 6.42 Å². The van der Waals surface area contributed by atoms with E-state index in [0.29, 0.717) is 16.8 Å². The molecule has 1 unspecified atom stereocenters.